The molecule has 0 N–H and O–H groups in total. The second-order valence-electron chi connectivity index (χ2n) is 12.3. The van der Waals surface area contributed by atoms with Crippen LogP contribution in [0.15, 0.2) is 34.7 Å². The summed E-state index contributed by atoms with van der Waals surface area (Å²) in [6, 6.07) is 1.86. The fraction of sp³-hybridized carbons (Fsp3) is 0.679. The van der Waals surface area contributed by atoms with Gasteiger partial charge in [-0.25, -0.2) is 4.79 Å². The minimum atomic E-state index is -0.540. The minimum absolute atomic E-state index is 0.0997. The molecule has 184 valence electrons. The van der Waals surface area contributed by atoms with Crippen molar-refractivity contribution in [3.8, 4) is 0 Å². The molecule has 1 aromatic heterocycles. The van der Waals surface area contributed by atoms with Crippen LogP contribution in [0, 0.1) is 33.5 Å². The fourth-order valence-corrected chi connectivity index (χ4v) is 8.65. The molecule has 0 saturated heterocycles. The molecule has 5 rings (SSSR count). The second kappa shape index (κ2) is 7.32. The van der Waals surface area contributed by atoms with Crippen LogP contribution in [0.1, 0.15) is 85.3 Å². The summed E-state index contributed by atoms with van der Waals surface area (Å²) in [5.41, 5.74) is 0.299. The topological polar surface area (TPSA) is 82.8 Å². The van der Waals surface area contributed by atoms with Crippen molar-refractivity contribution in [1.29, 1.82) is 0 Å². The molecule has 6 nitrogen and oxygen atoms in total. The number of Topliss-reactive ketones (excluding diaryl/α,β-unsaturated/α-hetero) is 1. The van der Waals surface area contributed by atoms with E-state index in [9.17, 15) is 14.4 Å². The van der Waals surface area contributed by atoms with E-state index in [0.29, 0.717) is 18.6 Å². The number of hydrogen-bond donors (Lipinski definition) is 0. The molecule has 34 heavy (non-hydrogen) atoms. The van der Waals surface area contributed by atoms with E-state index < -0.39 is 28.5 Å². The Kier molecular flexibility index (Phi) is 5.03. The standard InChI is InChI=1S/C28H36O6/c1-16(29)33-22-13-19-25(2,3)21(30)8-11-26(19,4)18-7-10-27(5)20(28(18,22)6)14-23(31)34-24(27)17-9-12-32-15-17/h9,12,14-15,18-19,22,24H,7-8,10-11,13H2,1-6H3/t18?,19?,22-,24-,26+,27+,28+/m0/s1. The molecule has 3 fully saturated rings. The predicted molar refractivity (Wildman–Crippen MR) is 124 cm³/mol. The van der Waals surface area contributed by atoms with Gasteiger partial charge in [0.25, 0.3) is 0 Å². The second-order valence-corrected chi connectivity index (χ2v) is 12.3. The predicted octanol–water partition coefficient (Wildman–Crippen LogP) is 5.57. The van der Waals surface area contributed by atoms with Gasteiger partial charge in [0.05, 0.1) is 12.5 Å². The summed E-state index contributed by atoms with van der Waals surface area (Å²) in [7, 11) is 0. The molecule has 7 atom stereocenters. The Morgan fingerprint density at radius 2 is 1.82 bits per heavy atom. The number of ether oxygens (including phenoxy) is 2. The van der Waals surface area contributed by atoms with Crippen molar-refractivity contribution in [2.75, 3.05) is 0 Å². The van der Waals surface area contributed by atoms with Gasteiger partial charge in [0.2, 0.25) is 0 Å². The third-order valence-electron chi connectivity index (χ3n) is 10.3. The van der Waals surface area contributed by atoms with Crippen molar-refractivity contribution in [3.05, 3.63) is 35.8 Å². The molecule has 4 aliphatic rings. The number of esters is 2. The summed E-state index contributed by atoms with van der Waals surface area (Å²) in [6.45, 7) is 12.2. The Balaban J connectivity index is 1.68. The van der Waals surface area contributed by atoms with Crippen molar-refractivity contribution in [3.63, 3.8) is 0 Å². The molecule has 3 aliphatic carbocycles. The number of rotatable bonds is 2. The maximum Gasteiger partial charge on any atom is 0.331 e. The van der Waals surface area contributed by atoms with Crippen LogP contribution in [0.3, 0.4) is 0 Å². The first-order valence-corrected chi connectivity index (χ1v) is 12.5. The van der Waals surface area contributed by atoms with Crippen LogP contribution in [0.25, 0.3) is 0 Å². The smallest absolute Gasteiger partial charge is 0.331 e. The lowest BCUT2D eigenvalue weighted by Gasteiger charge is -2.68. The van der Waals surface area contributed by atoms with Gasteiger partial charge in [-0.05, 0) is 54.6 Å². The molecular formula is C28H36O6. The normalized spacial score (nSPS) is 43.1. The molecule has 3 saturated carbocycles. The number of ketones is 1. The zero-order valence-electron chi connectivity index (χ0n) is 21.1. The van der Waals surface area contributed by atoms with Crippen molar-refractivity contribution in [2.45, 2.75) is 85.9 Å². The number of fused-ring (bicyclic) bond motifs is 5. The van der Waals surface area contributed by atoms with Gasteiger partial charge in [0.15, 0.2) is 0 Å². The number of carbonyl (C=O) groups excluding carboxylic acids is 3. The van der Waals surface area contributed by atoms with E-state index in [-0.39, 0.29) is 29.2 Å². The van der Waals surface area contributed by atoms with E-state index in [1.54, 1.807) is 18.6 Å². The molecule has 0 amide bonds. The summed E-state index contributed by atoms with van der Waals surface area (Å²) >= 11 is 0. The van der Waals surface area contributed by atoms with Gasteiger partial charge in [0.1, 0.15) is 18.0 Å². The zero-order chi connectivity index (χ0) is 24.7. The first-order chi connectivity index (χ1) is 15.8. The lowest BCUT2D eigenvalue weighted by atomic mass is 9.37. The summed E-state index contributed by atoms with van der Waals surface area (Å²) < 4.78 is 17.3. The van der Waals surface area contributed by atoms with Gasteiger partial charge in [-0.2, -0.15) is 0 Å². The van der Waals surface area contributed by atoms with E-state index in [4.69, 9.17) is 13.9 Å². The Labute approximate surface area is 201 Å². The monoisotopic (exact) mass is 468 g/mol. The summed E-state index contributed by atoms with van der Waals surface area (Å²) in [6.07, 6.45) is 7.81. The Bertz CT molecular complexity index is 1070. The third-order valence-corrected chi connectivity index (χ3v) is 10.3. The molecule has 6 heteroatoms. The first-order valence-electron chi connectivity index (χ1n) is 12.5. The summed E-state index contributed by atoms with van der Waals surface area (Å²) in [4.78, 5) is 38.3. The van der Waals surface area contributed by atoms with Crippen LogP contribution >= 0.6 is 0 Å². The zero-order valence-corrected chi connectivity index (χ0v) is 21.1. The third kappa shape index (κ3) is 2.96. The number of cyclic esters (lactones) is 1. The molecule has 0 aromatic carbocycles. The molecule has 1 aromatic rings. The van der Waals surface area contributed by atoms with E-state index in [2.05, 4.69) is 34.6 Å². The van der Waals surface area contributed by atoms with Gasteiger partial charge >= 0.3 is 11.9 Å². The maximum atomic E-state index is 13.0. The van der Waals surface area contributed by atoms with E-state index in [1.165, 1.54) is 6.92 Å². The minimum Gasteiger partial charge on any atom is -0.472 e. The number of furan rings is 1. The van der Waals surface area contributed by atoms with Crippen LogP contribution in [0.4, 0.5) is 0 Å². The fourth-order valence-electron chi connectivity index (χ4n) is 8.65. The first kappa shape index (κ1) is 23.4. The van der Waals surface area contributed by atoms with E-state index in [0.717, 1.165) is 30.4 Å². The Hall–Kier alpha value is -2.37. The number of hydrogen-bond acceptors (Lipinski definition) is 6. The molecule has 2 unspecified atom stereocenters. The highest BCUT2D eigenvalue weighted by Gasteiger charge is 2.69. The highest BCUT2D eigenvalue weighted by molar-refractivity contribution is 5.86. The molecule has 0 spiro atoms. The van der Waals surface area contributed by atoms with Crippen LogP contribution in [-0.2, 0) is 23.9 Å². The lowest BCUT2D eigenvalue weighted by Crippen LogP contribution is -2.66. The summed E-state index contributed by atoms with van der Waals surface area (Å²) in [5.74, 6) is -0.124. The average Bonchev–Trinajstić information content (AvgIpc) is 3.28. The van der Waals surface area contributed by atoms with Crippen molar-refractivity contribution < 1.29 is 28.3 Å². The Morgan fingerprint density at radius 1 is 1.09 bits per heavy atom. The summed E-state index contributed by atoms with van der Waals surface area (Å²) in [5, 5.41) is 0. The molecule has 1 aliphatic heterocycles. The molecule has 2 heterocycles. The quantitative estimate of drug-likeness (QED) is 0.528. The van der Waals surface area contributed by atoms with Gasteiger partial charge in [0, 0.05) is 41.2 Å². The van der Waals surface area contributed by atoms with Gasteiger partial charge in [-0.3, -0.25) is 9.59 Å². The lowest BCUT2D eigenvalue weighted by molar-refractivity contribution is -0.210. The van der Waals surface area contributed by atoms with Crippen LogP contribution in [0.5, 0.6) is 0 Å². The van der Waals surface area contributed by atoms with Crippen LogP contribution < -0.4 is 0 Å². The largest absolute Gasteiger partial charge is 0.472 e. The van der Waals surface area contributed by atoms with Gasteiger partial charge in [-0.15, -0.1) is 0 Å². The van der Waals surface area contributed by atoms with E-state index >= 15 is 0 Å². The van der Waals surface area contributed by atoms with Gasteiger partial charge < -0.3 is 13.9 Å². The highest BCUT2D eigenvalue weighted by atomic mass is 16.6. The Morgan fingerprint density at radius 3 is 2.47 bits per heavy atom. The maximum absolute atomic E-state index is 13.0. The average molecular weight is 469 g/mol. The van der Waals surface area contributed by atoms with Crippen molar-refractivity contribution in [2.24, 2.45) is 33.5 Å². The molecular weight excluding hydrogens is 432 g/mol. The van der Waals surface area contributed by atoms with Gasteiger partial charge in [-0.1, -0.05) is 34.6 Å². The molecule has 0 bridgehead atoms. The van der Waals surface area contributed by atoms with Crippen molar-refractivity contribution in [1.82, 2.24) is 0 Å². The van der Waals surface area contributed by atoms with Crippen molar-refractivity contribution >= 4 is 17.7 Å². The number of carbonyl (C=O) groups is 3. The highest BCUT2D eigenvalue weighted by Crippen LogP contribution is 2.72. The van der Waals surface area contributed by atoms with E-state index in [1.807, 2.05) is 6.07 Å². The van der Waals surface area contributed by atoms with Crippen LogP contribution in [-0.4, -0.2) is 23.8 Å². The molecule has 0 radical (unpaired) electrons. The SMILES string of the molecule is CC(=O)O[C@H]1CC2C(C)(C)C(=O)CC[C@]2(C)C2CC[C@]3(C)C(=CC(=O)O[C@H]3c3ccoc3)[C@@]21C. The van der Waals surface area contributed by atoms with Crippen LogP contribution in [0.2, 0.25) is 0 Å².